The zero-order valence-corrected chi connectivity index (χ0v) is 11.2. The van der Waals surface area contributed by atoms with Crippen LogP contribution in [0.2, 0.25) is 0 Å². The maximum absolute atomic E-state index is 12.0. The van der Waals surface area contributed by atoms with Crippen molar-refractivity contribution >= 4 is 11.9 Å². The van der Waals surface area contributed by atoms with Gasteiger partial charge in [0, 0.05) is 24.9 Å². The number of amides is 1. The van der Waals surface area contributed by atoms with Gasteiger partial charge in [-0.3, -0.25) is 4.79 Å². The van der Waals surface area contributed by atoms with E-state index < -0.39 is 30.7 Å². The number of carbonyl (C=O) groups excluding carboxylic acids is 1. The number of ether oxygens (including phenoxy) is 1. The summed E-state index contributed by atoms with van der Waals surface area (Å²) in [5.41, 5.74) is -0.0159. The van der Waals surface area contributed by atoms with Crippen LogP contribution >= 0.6 is 0 Å². The van der Waals surface area contributed by atoms with Crippen LogP contribution in [0, 0.1) is 0 Å². The molecule has 1 atom stereocenters. The predicted octanol–water partition coefficient (Wildman–Crippen LogP) is 1.57. The molecule has 0 fully saturated rings. The SMILES string of the molecule is CC(C(=O)O)N(C)C(=O)c1ccnc(OCC(F)(F)F)c1. The third kappa shape index (κ3) is 4.93. The molecule has 0 aliphatic heterocycles. The van der Waals surface area contributed by atoms with Crippen molar-refractivity contribution in [3.8, 4) is 5.88 Å². The van der Waals surface area contributed by atoms with Crippen LogP contribution in [0.1, 0.15) is 17.3 Å². The number of nitrogens with zero attached hydrogens (tertiary/aromatic N) is 2. The molecule has 0 aliphatic rings. The fourth-order valence-electron chi connectivity index (χ4n) is 1.32. The summed E-state index contributed by atoms with van der Waals surface area (Å²) in [6, 6.07) is 1.21. The number of halogens is 3. The lowest BCUT2D eigenvalue weighted by Gasteiger charge is -2.21. The summed E-state index contributed by atoms with van der Waals surface area (Å²) in [7, 11) is 1.28. The van der Waals surface area contributed by atoms with Gasteiger partial charge in [-0.2, -0.15) is 13.2 Å². The first-order chi connectivity index (χ1) is 9.61. The van der Waals surface area contributed by atoms with Gasteiger partial charge in [0.2, 0.25) is 5.88 Å². The lowest BCUT2D eigenvalue weighted by molar-refractivity contribution is -0.154. The van der Waals surface area contributed by atoms with Crippen molar-refractivity contribution in [1.82, 2.24) is 9.88 Å². The first-order valence-corrected chi connectivity index (χ1v) is 5.77. The number of aromatic nitrogens is 1. The molecule has 0 aliphatic carbocycles. The summed E-state index contributed by atoms with van der Waals surface area (Å²) in [6.45, 7) is -0.221. The lowest BCUT2D eigenvalue weighted by atomic mass is 10.2. The second kappa shape index (κ2) is 6.42. The Morgan fingerprint density at radius 1 is 1.48 bits per heavy atom. The van der Waals surface area contributed by atoms with Crippen LogP contribution in [0.15, 0.2) is 18.3 Å². The van der Waals surface area contributed by atoms with Gasteiger partial charge in [-0.25, -0.2) is 9.78 Å². The molecule has 1 unspecified atom stereocenters. The van der Waals surface area contributed by atoms with Gasteiger partial charge in [0.1, 0.15) is 6.04 Å². The Labute approximate surface area is 118 Å². The Bertz CT molecular complexity index is 533. The highest BCUT2D eigenvalue weighted by Crippen LogP contribution is 2.18. The fourth-order valence-corrected chi connectivity index (χ4v) is 1.32. The van der Waals surface area contributed by atoms with Crippen molar-refractivity contribution in [2.24, 2.45) is 0 Å². The maximum Gasteiger partial charge on any atom is 0.422 e. The van der Waals surface area contributed by atoms with Gasteiger partial charge in [0.05, 0.1) is 0 Å². The number of carboxylic acids is 1. The van der Waals surface area contributed by atoms with Crippen LogP contribution < -0.4 is 4.74 Å². The molecule has 0 radical (unpaired) electrons. The number of rotatable bonds is 5. The molecule has 1 heterocycles. The van der Waals surface area contributed by atoms with Crippen molar-refractivity contribution in [1.29, 1.82) is 0 Å². The summed E-state index contributed by atoms with van der Waals surface area (Å²) >= 11 is 0. The molecule has 0 saturated carbocycles. The molecule has 1 aromatic heterocycles. The first kappa shape index (κ1) is 16.7. The normalized spacial score (nSPS) is 12.6. The van der Waals surface area contributed by atoms with Gasteiger partial charge in [-0.15, -0.1) is 0 Å². The highest BCUT2D eigenvalue weighted by molar-refractivity contribution is 5.96. The topological polar surface area (TPSA) is 79.7 Å². The molecule has 0 spiro atoms. The minimum Gasteiger partial charge on any atom is -0.480 e. The van der Waals surface area contributed by atoms with Gasteiger partial charge in [0.15, 0.2) is 6.61 Å². The highest BCUT2D eigenvalue weighted by atomic mass is 19.4. The monoisotopic (exact) mass is 306 g/mol. The fraction of sp³-hybridized carbons (Fsp3) is 0.417. The van der Waals surface area contributed by atoms with Crippen molar-refractivity contribution < 1.29 is 32.6 Å². The number of alkyl halides is 3. The molecule has 116 valence electrons. The molecule has 0 saturated heterocycles. The van der Waals surface area contributed by atoms with E-state index in [0.29, 0.717) is 0 Å². The van der Waals surface area contributed by atoms with Crippen LogP contribution in [-0.2, 0) is 4.79 Å². The molecular formula is C12H13F3N2O4. The Morgan fingerprint density at radius 2 is 2.10 bits per heavy atom. The second-order valence-corrected chi connectivity index (χ2v) is 4.22. The van der Waals surface area contributed by atoms with Crippen molar-refractivity contribution in [2.75, 3.05) is 13.7 Å². The maximum atomic E-state index is 12.0. The van der Waals surface area contributed by atoms with Crippen molar-refractivity contribution in [3.63, 3.8) is 0 Å². The van der Waals surface area contributed by atoms with Gasteiger partial charge in [-0.1, -0.05) is 0 Å². The zero-order chi connectivity index (χ0) is 16.2. The van der Waals surface area contributed by atoms with Crippen LogP contribution in [0.3, 0.4) is 0 Å². The molecule has 6 nitrogen and oxygen atoms in total. The van der Waals surface area contributed by atoms with Crippen LogP contribution in [0.5, 0.6) is 5.88 Å². The van der Waals surface area contributed by atoms with Crippen LogP contribution in [-0.4, -0.2) is 52.7 Å². The summed E-state index contributed by atoms with van der Waals surface area (Å²) in [4.78, 5) is 27.3. The largest absolute Gasteiger partial charge is 0.480 e. The van der Waals surface area contributed by atoms with Gasteiger partial charge >= 0.3 is 12.1 Å². The smallest absolute Gasteiger partial charge is 0.422 e. The molecule has 1 aromatic rings. The Balaban J connectivity index is 2.84. The minimum absolute atomic E-state index is 0.0159. The third-order valence-corrected chi connectivity index (χ3v) is 2.62. The van der Waals surface area contributed by atoms with Crippen molar-refractivity contribution in [2.45, 2.75) is 19.1 Å². The Morgan fingerprint density at radius 3 is 2.62 bits per heavy atom. The van der Waals surface area contributed by atoms with Crippen LogP contribution in [0.25, 0.3) is 0 Å². The third-order valence-electron chi connectivity index (χ3n) is 2.62. The van der Waals surface area contributed by atoms with Crippen molar-refractivity contribution in [3.05, 3.63) is 23.9 Å². The van der Waals surface area contributed by atoms with Gasteiger partial charge in [-0.05, 0) is 13.0 Å². The molecule has 1 rings (SSSR count). The summed E-state index contributed by atoms with van der Waals surface area (Å²) in [5, 5.41) is 8.82. The number of carboxylic acid groups (broad SMARTS) is 1. The Kier molecular flexibility index (Phi) is 5.12. The van der Waals surface area contributed by atoms with E-state index in [1.165, 1.54) is 20.0 Å². The highest BCUT2D eigenvalue weighted by Gasteiger charge is 2.29. The molecule has 1 amide bonds. The predicted molar refractivity (Wildman–Crippen MR) is 65.0 cm³/mol. The summed E-state index contributed by atoms with van der Waals surface area (Å²) in [5.74, 6) is -2.23. The van der Waals surface area contributed by atoms with E-state index in [0.717, 1.165) is 17.2 Å². The van der Waals surface area contributed by atoms with E-state index in [1.54, 1.807) is 0 Å². The Hall–Kier alpha value is -2.32. The van der Waals surface area contributed by atoms with Crippen LogP contribution in [0.4, 0.5) is 13.2 Å². The number of hydrogen-bond acceptors (Lipinski definition) is 4. The summed E-state index contributed by atoms with van der Waals surface area (Å²) < 4.78 is 40.5. The van der Waals surface area contributed by atoms with E-state index >= 15 is 0 Å². The average Bonchev–Trinajstić information content (AvgIpc) is 2.42. The summed E-state index contributed by atoms with van der Waals surface area (Å²) in [6.07, 6.45) is -3.41. The zero-order valence-electron chi connectivity index (χ0n) is 11.2. The standard InChI is InChI=1S/C12H13F3N2O4/c1-7(11(19)20)17(2)10(18)8-3-4-16-9(5-8)21-6-12(13,14)15/h3-5,7H,6H2,1-2H3,(H,19,20). The minimum atomic E-state index is -4.52. The van der Waals surface area contributed by atoms with E-state index in [-0.39, 0.29) is 11.4 Å². The molecular weight excluding hydrogens is 293 g/mol. The molecule has 0 aromatic carbocycles. The van der Waals surface area contributed by atoms with E-state index in [1.807, 2.05) is 0 Å². The number of carbonyl (C=O) groups is 2. The van der Waals surface area contributed by atoms with Gasteiger partial charge < -0.3 is 14.7 Å². The van der Waals surface area contributed by atoms with E-state index in [2.05, 4.69) is 9.72 Å². The number of pyridine rings is 1. The van der Waals surface area contributed by atoms with Gasteiger partial charge in [0.25, 0.3) is 5.91 Å². The number of likely N-dealkylation sites (N-methyl/N-ethyl adjacent to an activating group) is 1. The second-order valence-electron chi connectivity index (χ2n) is 4.22. The average molecular weight is 306 g/mol. The molecule has 9 heteroatoms. The van der Waals surface area contributed by atoms with E-state index in [4.69, 9.17) is 5.11 Å². The number of hydrogen-bond donors (Lipinski definition) is 1. The molecule has 21 heavy (non-hydrogen) atoms. The quantitative estimate of drug-likeness (QED) is 0.893. The van der Waals surface area contributed by atoms with E-state index in [9.17, 15) is 22.8 Å². The number of aliphatic carboxylic acids is 1. The molecule has 0 bridgehead atoms. The first-order valence-electron chi connectivity index (χ1n) is 5.77. The molecule has 1 N–H and O–H groups in total. The lowest BCUT2D eigenvalue weighted by Crippen LogP contribution is -2.40.